The summed E-state index contributed by atoms with van der Waals surface area (Å²) in [7, 11) is 3.22. The zero-order valence-electron chi connectivity index (χ0n) is 21.3. The second-order valence-corrected chi connectivity index (χ2v) is 10.2. The van der Waals surface area contributed by atoms with Gasteiger partial charge < -0.3 is 23.5 Å². The van der Waals surface area contributed by atoms with Gasteiger partial charge in [0.25, 0.3) is 0 Å². The van der Waals surface area contributed by atoms with Gasteiger partial charge in [-0.2, -0.15) is 0 Å². The van der Waals surface area contributed by atoms with Crippen LogP contribution >= 0.6 is 0 Å². The van der Waals surface area contributed by atoms with Crippen molar-refractivity contribution in [1.29, 1.82) is 0 Å². The number of hydrogen-bond acceptors (Lipinski definition) is 6. The molecule has 1 amide bonds. The minimum Gasteiger partial charge on any atom is -0.493 e. The van der Waals surface area contributed by atoms with E-state index in [2.05, 4.69) is 20.8 Å². The van der Waals surface area contributed by atoms with E-state index in [-0.39, 0.29) is 24.0 Å². The fourth-order valence-electron chi connectivity index (χ4n) is 4.63. The van der Waals surface area contributed by atoms with E-state index in [1.165, 1.54) is 6.07 Å². The summed E-state index contributed by atoms with van der Waals surface area (Å²) < 4.78 is 22.6. The Morgan fingerprint density at radius 2 is 1.80 bits per heavy atom. The van der Waals surface area contributed by atoms with E-state index in [1.54, 1.807) is 20.3 Å². The van der Waals surface area contributed by atoms with Crippen LogP contribution in [0.5, 0.6) is 17.2 Å². The third-order valence-electron chi connectivity index (χ3n) is 6.34. The number of rotatable bonds is 6. The highest BCUT2D eigenvalue weighted by atomic mass is 16.5. The second-order valence-electron chi connectivity index (χ2n) is 10.2. The Morgan fingerprint density at radius 1 is 1.09 bits per heavy atom. The molecule has 186 valence electrons. The first-order chi connectivity index (χ1) is 16.6. The predicted octanol–water partition coefficient (Wildman–Crippen LogP) is 5.06. The molecule has 3 aromatic rings. The molecule has 4 rings (SSSR count). The number of fused-ring (bicyclic) bond motifs is 2. The fourth-order valence-corrected chi connectivity index (χ4v) is 4.63. The van der Waals surface area contributed by atoms with Crippen molar-refractivity contribution in [2.24, 2.45) is 5.41 Å². The summed E-state index contributed by atoms with van der Waals surface area (Å²) in [5.41, 5.74) is 2.89. The lowest BCUT2D eigenvalue weighted by molar-refractivity contribution is -0.136. The molecule has 1 aromatic heterocycles. The van der Waals surface area contributed by atoms with Crippen LogP contribution in [0.25, 0.3) is 11.0 Å². The van der Waals surface area contributed by atoms with E-state index < -0.39 is 5.63 Å². The van der Waals surface area contributed by atoms with Gasteiger partial charge in [-0.05, 0) is 59.7 Å². The lowest BCUT2D eigenvalue weighted by Gasteiger charge is -2.38. The lowest BCUT2D eigenvalue weighted by atomic mass is 9.88. The number of hydrogen-bond donors (Lipinski definition) is 0. The summed E-state index contributed by atoms with van der Waals surface area (Å²) in [4.78, 5) is 27.1. The summed E-state index contributed by atoms with van der Waals surface area (Å²) in [6.07, 6.45) is 1.16. The maximum atomic E-state index is 13.3. The number of ether oxygens (including phenoxy) is 3. The molecule has 7 nitrogen and oxygen atoms in total. The van der Waals surface area contributed by atoms with Crippen molar-refractivity contribution in [2.45, 2.75) is 46.6 Å². The van der Waals surface area contributed by atoms with Crippen molar-refractivity contribution in [3.05, 3.63) is 63.5 Å². The Labute approximate surface area is 205 Å². The molecule has 2 aromatic carbocycles. The Kier molecular flexibility index (Phi) is 6.79. The number of nitrogens with zero attached hydrogens (tertiary/aromatic N) is 1. The molecule has 1 aliphatic rings. The number of carbonyl (C=O) groups is 1. The Balaban J connectivity index is 1.68. The van der Waals surface area contributed by atoms with Crippen LogP contribution in [0, 0.1) is 12.3 Å². The molecule has 0 aliphatic carbocycles. The van der Waals surface area contributed by atoms with Crippen LogP contribution in [0.15, 0.2) is 45.6 Å². The van der Waals surface area contributed by atoms with E-state index in [0.29, 0.717) is 35.8 Å². The van der Waals surface area contributed by atoms with E-state index >= 15 is 0 Å². The Morgan fingerprint density at radius 3 is 2.49 bits per heavy atom. The number of carbonyl (C=O) groups excluding carboxylic acids is 1. The van der Waals surface area contributed by atoms with E-state index in [1.807, 2.05) is 36.1 Å². The summed E-state index contributed by atoms with van der Waals surface area (Å²) >= 11 is 0. The van der Waals surface area contributed by atoms with Crippen LogP contribution in [0.1, 0.15) is 49.9 Å². The highest BCUT2D eigenvalue weighted by Gasteiger charge is 2.34. The van der Waals surface area contributed by atoms with E-state index in [0.717, 1.165) is 28.5 Å². The standard InChI is InChI=1S/C28H33NO6/c1-17-11-27(31)35-23-13-19(7-8-20(17)23)34-16-22-21-14-25(33-6)24(32-5)12-18(21)9-10-29(22)26(30)15-28(2,3)4/h7-8,11-14,22H,9-10,15-16H2,1-6H3. The molecule has 0 N–H and O–H groups in total. The zero-order valence-corrected chi connectivity index (χ0v) is 21.3. The third-order valence-corrected chi connectivity index (χ3v) is 6.34. The third kappa shape index (κ3) is 5.29. The average molecular weight is 480 g/mol. The summed E-state index contributed by atoms with van der Waals surface area (Å²) in [6.45, 7) is 8.91. The van der Waals surface area contributed by atoms with Crippen molar-refractivity contribution < 1.29 is 23.4 Å². The molecule has 1 aliphatic heterocycles. The minimum atomic E-state index is -0.395. The summed E-state index contributed by atoms with van der Waals surface area (Å²) in [5, 5.41) is 0.860. The van der Waals surface area contributed by atoms with Crippen LogP contribution in [-0.2, 0) is 11.2 Å². The maximum absolute atomic E-state index is 13.3. The SMILES string of the molecule is COc1cc2c(cc1OC)C(COc1ccc3c(C)cc(=O)oc3c1)N(C(=O)CC(C)(C)C)CC2. The predicted molar refractivity (Wildman–Crippen MR) is 134 cm³/mol. The number of aryl methyl sites for hydroxylation is 1. The van der Waals surface area contributed by atoms with Gasteiger partial charge in [0, 0.05) is 30.5 Å². The van der Waals surface area contributed by atoms with Gasteiger partial charge in [-0.25, -0.2) is 4.79 Å². The minimum absolute atomic E-state index is 0.0895. The largest absolute Gasteiger partial charge is 0.493 e. The monoisotopic (exact) mass is 479 g/mol. The molecule has 0 spiro atoms. The average Bonchev–Trinajstić information content (AvgIpc) is 2.79. The van der Waals surface area contributed by atoms with E-state index in [9.17, 15) is 9.59 Å². The van der Waals surface area contributed by atoms with Gasteiger partial charge in [0.1, 0.15) is 17.9 Å². The Bertz CT molecular complexity index is 1300. The van der Waals surface area contributed by atoms with Crippen molar-refractivity contribution in [3.63, 3.8) is 0 Å². The number of methoxy groups -OCH3 is 2. The fraction of sp³-hybridized carbons (Fsp3) is 0.429. The van der Waals surface area contributed by atoms with Crippen LogP contribution in [-0.4, -0.2) is 38.2 Å². The molecular formula is C28H33NO6. The first-order valence-electron chi connectivity index (χ1n) is 11.8. The van der Waals surface area contributed by atoms with Crippen LogP contribution in [0.4, 0.5) is 0 Å². The molecule has 0 fully saturated rings. The molecule has 0 bridgehead atoms. The number of amides is 1. The molecule has 0 saturated carbocycles. The molecule has 0 saturated heterocycles. The second kappa shape index (κ2) is 9.64. The quantitative estimate of drug-likeness (QED) is 0.460. The van der Waals surface area contributed by atoms with Gasteiger partial charge in [-0.1, -0.05) is 20.8 Å². The first kappa shape index (κ1) is 24.6. The van der Waals surface area contributed by atoms with Crippen molar-refractivity contribution >= 4 is 16.9 Å². The Hall–Kier alpha value is -3.48. The maximum Gasteiger partial charge on any atom is 0.336 e. The normalized spacial score (nSPS) is 15.6. The molecule has 1 atom stereocenters. The molecule has 35 heavy (non-hydrogen) atoms. The highest BCUT2D eigenvalue weighted by Crippen LogP contribution is 2.39. The van der Waals surface area contributed by atoms with Gasteiger partial charge >= 0.3 is 5.63 Å². The van der Waals surface area contributed by atoms with Crippen molar-refractivity contribution in [3.8, 4) is 17.2 Å². The lowest BCUT2D eigenvalue weighted by Crippen LogP contribution is -2.43. The van der Waals surface area contributed by atoms with Crippen LogP contribution in [0.2, 0.25) is 0 Å². The van der Waals surface area contributed by atoms with Gasteiger partial charge in [0.15, 0.2) is 11.5 Å². The zero-order chi connectivity index (χ0) is 25.3. The molecule has 1 unspecified atom stereocenters. The van der Waals surface area contributed by atoms with Crippen LogP contribution < -0.4 is 19.8 Å². The summed E-state index contributed by atoms with van der Waals surface area (Å²) in [5.74, 6) is 1.94. The number of benzene rings is 2. The van der Waals surface area contributed by atoms with Crippen molar-refractivity contribution in [1.82, 2.24) is 4.90 Å². The van der Waals surface area contributed by atoms with Gasteiger partial charge in [0.05, 0.1) is 20.3 Å². The summed E-state index contributed by atoms with van der Waals surface area (Å²) in [6, 6.07) is 10.6. The van der Waals surface area contributed by atoms with E-state index in [4.69, 9.17) is 18.6 Å². The molecule has 0 radical (unpaired) electrons. The van der Waals surface area contributed by atoms with Gasteiger partial charge in [0.2, 0.25) is 5.91 Å². The van der Waals surface area contributed by atoms with Crippen molar-refractivity contribution in [2.75, 3.05) is 27.4 Å². The molecule has 2 heterocycles. The topological polar surface area (TPSA) is 78.2 Å². The first-order valence-corrected chi connectivity index (χ1v) is 11.8. The molecular weight excluding hydrogens is 446 g/mol. The smallest absolute Gasteiger partial charge is 0.336 e. The van der Waals surface area contributed by atoms with Gasteiger partial charge in [-0.3, -0.25) is 4.79 Å². The van der Waals surface area contributed by atoms with Crippen LogP contribution in [0.3, 0.4) is 0 Å². The van der Waals surface area contributed by atoms with Gasteiger partial charge in [-0.15, -0.1) is 0 Å². The molecule has 7 heteroatoms. The highest BCUT2D eigenvalue weighted by molar-refractivity contribution is 5.81.